The molecule has 1 aliphatic rings. The van der Waals surface area contributed by atoms with Gasteiger partial charge in [-0.25, -0.2) is 0 Å². The van der Waals surface area contributed by atoms with Crippen molar-refractivity contribution in [1.82, 2.24) is 4.90 Å². The first-order valence-electron chi connectivity index (χ1n) is 6.26. The molecular weight excluding hydrogens is 222 g/mol. The number of hydrogen-bond donors (Lipinski definition) is 0. The molecule has 0 saturated carbocycles. The van der Waals surface area contributed by atoms with Crippen LogP contribution in [0.4, 0.5) is 0 Å². The van der Waals surface area contributed by atoms with Crippen molar-refractivity contribution in [1.29, 1.82) is 0 Å². The molecular formula is C13H24ClNO. The Bertz CT molecular complexity index is 259. The highest BCUT2D eigenvalue weighted by atomic mass is 35.5. The minimum absolute atomic E-state index is 0.214. The molecule has 16 heavy (non-hydrogen) atoms. The summed E-state index contributed by atoms with van der Waals surface area (Å²) in [5.74, 6) is 0.611. The molecule has 0 aromatic rings. The van der Waals surface area contributed by atoms with Gasteiger partial charge in [-0.1, -0.05) is 13.8 Å². The van der Waals surface area contributed by atoms with Gasteiger partial charge in [0.1, 0.15) is 0 Å². The minimum atomic E-state index is -0.418. The number of carbonyl (C=O) groups is 1. The Morgan fingerprint density at radius 2 is 1.94 bits per heavy atom. The largest absolute Gasteiger partial charge is 0.342 e. The fraction of sp³-hybridized carbons (Fsp3) is 0.923. The number of halogens is 1. The lowest BCUT2D eigenvalue weighted by Crippen LogP contribution is -2.41. The molecule has 94 valence electrons. The first-order chi connectivity index (χ1) is 7.40. The first kappa shape index (κ1) is 13.8. The summed E-state index contributed by atoms with van der Waals surface area (Å²) < 4.78 is 0. The van der Waals surface area contributed by atoms with Crippen LogP contribution >= 0.6 is 11.6 Å². The van der Waals surface area contributed by atoms with E-state index in [0.29, 0.717) is 11.3 Å². The quantitative estimate of drug-likeness (QED) is 0.696. The van der Waals surface area contributed by atoms with E-state index in [1.807, 2.05) is 18.7 Å². The monoisotopic (exact) mass is 245 g/mol. The Hall–Kier alpha value is -0.240. The van der Waals surface area contributed by atoms with Gasteiger partial charge in [0.2, 0.25) is 5.91 Å². The fourth-order valence-electron chi connectivity index (χ4n) is 2.42. The van der Waals surface area contributed by atoms with Gasteiger partial charge in [0.05, 0.1) is 5.41 Å². The maximum Gasteiger partial charge on any atom is 0.229 e. The molecule has 1 aliphatic heterocycles. The second-order valence-corrected chi connectivity index (χ2v) is 5.97. The standard InChI is InChI=1S/C13H24ClNO/c1-5-13(6-2)7-8-15(10-13)11(16)12(3,4)9-14/h5-10H2,1-4H3. The van der Waals surface area contributed by atoms with E-state index in [0.717, 1.165) is 32.4 Å². The van der Waals surface area contributed by atoms with E-state index in [9.17, 15) is 4.79 Å². The van der Waals surface area contributed by atoms with Crippen molar-refractivity contribution in [3.05, 3.63) is 0 Å². The van der Waals surface area contributed by atoms with Crippen LogP contribution in [-0.4, -0.2) is 29.8 Å². The van der Waals surface area contributed by atoms with Gasteiger partial charge in [-0.05, 0) is 38.5 Å². The molecule has 0 bridgehead atoms. The van der Waals surface area contributed by atoms with E-state index in [-0.39, 0.29) is 5.91 Å². The number of rotatable bonds is 4. The SMILES string of the molecule is CCC1(CC)CCN(C(=O)C(C)(C)CCl)C1. The molecule has 0 aliphatic carbocycles. The van der Waals surface area contributed by atoms with Gasteiger partial charge in [0.15, 0.2) is 0 Å². The molecule has 1 amide bonds. The molecule has 0 aromatic carbocycles. The summed E-state index contributed by atoms with van der Waals surface area (Å²) in [4.78, 5) is 14.3. The highest BCUT2D eigenvalue weighted by molar-refractivity contribution is 6.19. The number of hydrogen-bond acceptors (Lipinski definition) is 1. The third kappa shape index (κ3) is 2.53. The molecule has 1 fully saturated rings. The summed E-state index contributed by atoms with van der Waals surface area (Å²) in [5, 5.41) is 0. The van der Waals surface area contributed by atoms with Crippen molar-refractivity contribution in [2.45, 2.75) is 47.0 Å². The molecule has 0 atom stereocenters. The number of alkyl halides is 1. The number of carbonyl (C=O) groups excluding carboxylic acids is 1. The maximum atomic E-state index is 12.3. The second kappa shape index (κ2) is 4.95. The van der Waals surface area contributed by atoms with Crippen LogP contribution in [0.3, 0.4) is 0 Å². The van der Waals surface area contributed by atoms with E-state index in [4.69, 9.17) is 11.6 Å². The minimum Gasteiger partial charge on any atom is -0.342 e. The van der Waals surface area contributed by atoms with Gasteiger partial charge in [-0.2, -0.15) is 0 Å². The lowest BCUT2D eigenvalue weighted by Gasteiger charge is -2.30. The molecule has 3 heteroatoms. The number of amides is 1. The smallest absolute Gasteiger partial charge is 0.229 e. The Morgan fingerprint density at radius 3 is 2.31 bits per heavy atom. The Kier molecular flexibility index (Phi) is 4.28. The highest BCUT2D eigenvalue weighted by Gasteiger charge is 2.40. The average molecular weight is 246 g/mol. The van der Waals surface area contributed by atoms with Gasteiger partial charge in [-0.3, -0.25) is 4.79 Å². The van der Waals surface area contributed by atoms with E-state index < -0.39 is 5.41 Å². The van der Waals surface area contributed by atoms with Crippen LogP contribution in [-0.2, 0) is 4.79 Å². The summed E-state index contributed by atoms with van der Waals surface area (Å²) in [6.07, 6.45) is 3.47. The van der Waals surface area contributed by atoms with Crippen molar-refractivity contribution in [2.75, 3.05) is 19.0 Å². The highest BCUT2D eigenvalue weighted by Crippen LogP contribution is 2.38. The Labute approximate surface area is 104 Å². The van der Waals surface area contributed by atoms with Gasteiger partial charge in [0, 0.05) is 19.0 Å². The predicted octanol–water partition coefficient (Wildman–Crippen LogP) is 3.29. The van der Waals surface area contributed by atoms with E-state index >= 15 is 0 Å². The Morgan fingerprint density at radius 1 is 1.38 bits per heavy atom. The van der Waals surface area contributed by atoms with E-state index in [2.05, 4.69) is 13.8 Å². The van der Waals surface area contributed by atoms with Crippen LogP contribution in [0.2, 0.25) is 0 Å². The zero-order valence-electron chi connectivity index (χ0n) is 11.0. The number of likely N-dealkylation sites (tertiary alicyclic amines) is 1. The van der Waals surface area contributed by atoms with Crippen LogP contribution in [0.25, 0.3) is 0 Å². The van der Waals surface area contributed by atoms with Crippen molar-refractivity contribution >= 4 is 17.5 Å². The van der Waals surface area contributed by atoms with Crippen LogP contribution in [0, 0.1) is 10.8 Å². The van der Waals surface area contributed by atoms with Crippen LogP contribution < -0.4 is 0 Å². The zero-order valence-corrected chi connectivity index (χ0v) is 11.7. The molecule has 0 N–H and O–H groups in total. The molecule has 0 aromatic heterocycles. The van der Waals surface area contributed by atoms with Crippen molar-refractivity contribution in [3.63, 3.8) is 0 Å². The molecule has 1 rings (SSSR count). The average Bonchev–Trinajstić information content (AvgIpc) is 2.73. The van der Waals surface area contributed by atoms with Crippen LogP contribution in [0.15, 0.2) is 0 Å². The van der Waals surface area contributed by atoms with Crippen LogP contribution in [0.1, 0.15) is 47.0 Å². The lowest BCUT2D eigenvalue weighted by molar-refractivity contribution is -0.138. The molecule has 0 spiro atoms. The zero-order chi connectivity index (χ0) is 12.4. The van der Waals surface area contributed by atoms with Gasteiger partial charge in [-0.15, -0.1) is 11.6 Å². The normalized spacial score (nSPS) is 20.2. The van der Waals surface area contributed by atoms with Crippen molar-refractivity contribution in [3.8, 4) is 0 Å². The Balaban J connectivity index is 2.70. The molecule has 1 heterocycles. The number of nitrogens with zero attached hydrogens (tertiary/aromatic N) is 1. The van der Waals surface area contributed by atoms with E-state index in [1.54, 1.807) is 0 Å². The molecule has 0 radical (unpaired) electrons. The van der Waals surface area contributed by atoms with Crippen molar-refractivity contribution < 1.29 is 4.79 Å². The van der Waals surface area contributed by atoms with Crippen LogP contribution in [0.5, 0.6) is 0 Å². The molecule has 2 nitrogen and oxygen atoms in total. The van der Waals surface area contributed by atoms with Crippen molar-refractivity contribution in [2.24, 2.45) is 10.8 Å². The van der Waals surface area contributed by atoms with Gasteiger partial charge < -0.3 is 4.90 Å². The lowest BCUT2D eigenvalue weighted by atomic mass is 9.82. The summed E-state index contributed by atoms with van der Waals surface area (Å²) in [7, 11) is 0. The topological polar surface area (TPSA) is 20.3 Å². The van der Waals surface area contributed by atoms with E-state index in [1.165, 1.54) is 0 Å². The molecule has 1 saturated heterocycles. The fourth-order valence-corrected chi connectivity index (χ4v) is 2.54. The second-order valence-electron chi connectivity index (χ2n) is 5.70. The summed E-state index contributed by atoms with van der Waals surface area (Å²) in [5.41, 5.74) is -0.0584. The summed E-state index contributed by atoms with van der Waals surface area (Å²) in [6.45, 7) is 10.1. The predicted molar refractivity (Wildman–Crippen MR) is 68.7 cm³/mol. The van der Waals surface area contributed by atoms with Gasteiger partial charge >= 0.3 is 0 Å². The first-order valence-corrected chi connectivity index (χ1v) is 6.79. The summed E-state index contributed by atoms with van der Waals surface area (Å²) >= 11 is 5.86. The summed E-state index contributed by atoms with van der Waals surface area (Å²) in [6, 6.07) is 0. The third-order valence-corrected chi connectivity index (χ3v) is 4.81. The third-order valence-electron chi connectivity index (χ3n) is 4.14. The molecule has 0 unspecified atom stereocenters. The van der Waals surface area contributed by atoms with Gasteiger partial charge in [0.25, 0.3) is 0 Å². The maximum absolute atomic E-state index is 12.3.